The van der Waals surface area contributed by atoms with E-state index in [-0.39, 0.29) is 11.9 Å². The Morgan fingerprint density at radius 2 is 2.04 bits per heavy atom. The first-order valence-electron chi connectivity index (χ1n) is 7.77. The van der Waals surface area contributed by atoms with Crippen LogP contribution in [0, 0.1) is 5.92 Å². The molecule has 2 aromatic rings. The Kier molecular flexibility index (Phi) is 4.98. The summed E-state index contributed by atoms with van der Waals surface area (Å²) in [4.78, 5) is 17.3. The second kappa shape index (κ2) is 7.15. The number of carbonyl (C=O) groups excluding carboxylic acids is 1. The maximum atomic E-state index is 11.5. The molecule has 2 heterocycles. The summed E-state index contributed by atoms with van der Waals surface area (Å²) >= 11 is 5.90. The van der Waals surface area contributed by atoms with Gasteiger partial charge in [-0.15, -0.1) is 0 Å². The Balaban J connectivity index is 1.58. The van der Waals surface area contributed by atoms with Gasteiger partial charge in [-0.05, 0) is 24.3 Å². The number of halogens is 1. The van der Waals surface area contributed by atoms with Crippen molar-refractivity contribution in [2.75, 3.05) is 20.2 Å². The highest BCUT2D eigenvalue weighted by molar-refractivity contribution is 6.30. The lowest BCUT2D eigenvalue weighted by atomic mass is 9.97. The van der Waals surface area contributed by atoms with Crippen molar-refractivity contribution in [2.24, 2.45) is 5.92 Å². The first-order chi connectivity index (χ1) is 11.2. The summed E-state index contributed by atoms with van der Waals surface area (Å²) in [7, 11) is 1.45. The number of hydrogen-bond acceptors (Lipinski definition) is 4. The number of carbonyl (C=O) groups is 1. The third-order valence-corrected chi connectivity index (χ3v) is 4.56. The van der Waals surface area contributed by atoms with Gasteiger partial charge in [0.25, 0.3) is 5.89 Å². The average Bonchev–Trinajstić information content (AvgIpc) is 3.04. The van der Waals surface area contributed by atoms with Crippen LogP contribution in [-0.4, -0.2) is 31.2 Å². The number of oxazole rings is 1. The lowest BCUT2D eigenvalue weighted by molar-refractivity contribution is -0.920. The van der Waals surface area contributed by atoms with E-state index >= 15 is 0 Å². The standard InChI is InChI=1S/C17H19ClN2O3/c1-22-17(21)13-6-8-20(9-7-13)11-16-19-10-15(23-16)12-2-4-14(18)5-3-12/h2-5,10,13H,6-9,11H2,1H3/p+1. The van der Waals surface area contributed by atoms with E-state index in [4.69, 9.17) is 20.8 Å². The number of methoxy groups -OCH3 is 1. The van der Waals surface area contributed by atoms with Gasteiger partial charge in [-0.1, -0.05) is 11.6 Å². The van der Waals surface area contributed by atoms with E-state index < -0.39 is 0 Å². The number of nitrogens with one attached hydrogen (secondary N) is 1. The number of piperidine rings is 1. The Hall–Kier alpha value is -1.85. The summed E-state index contributed by atoms with van der Waals surface area (Å²) in [6.07, 6.45) is 3.46. The summed E-state index contributed by atoms with van der Waals surface area (Å²) < 4.78 is 10.7. The molecular weight excluding hydrogens is 316 g/mol. The molecule has 3 rings (SSSR count). The second-order valence-corrected chi connectivity index (χ2v) is 6.29. The molecule has 0 saturated carbocycles. The largest absolute Gasteiger partial charge is 0.469 e. The van der Waals surface area contributed by atoms with Gasteiger partial charge in [-0.3, -0.25) is 4.79 Å². The van der Waals surface area contributed by atoms with Crippen LogP contribution in [0.5, 0.6) is 0 Å². The molecule has 1 fully saturated rings. The summed E-state index contributed by atoms with van der Waals surface area (Å²) in [5.74, 6) is 1.42. The maximum absolute atomic E-state index is 11.5. The van der Waals surface area contributed by atoms with Gasteiger partial charge < -0.3 is 14.1 Å². The van der Waals surface area contributed by atoms with Gasteiger partial charge in [0.2, 0.25) is 0 Å². The highest BCUT2D eigenvalue weighted by Crippen LogP contribution is 2.22. The van der Waals surface area contributed by atoms with Crippen LogP contribution in [0.25, 0.3) is 11.3 Å². The van der Waals surface area contributed by atoms with Crippen molar-refractivity contribution >= 4 is 17.6 Å². The molecule has 0 amide bonds. The fourth-order valence-corrected chi connectivity index (χ4v) is 3.08. The van der Waals surface area contributed by atoms with Gasteiger partial charge in [-0.2, -0.15) is 0 Å². The summed E-state index contributed by atoms with van der Waals surface area (Å²) in [5.41, 5.74) is 0.965. The number of hydrogen-bond donors (Lipinski definition) is 1. The summed E-state index contributed by atoms with van der Waals surface area (Å²) in [5, 5.41) is 0.700. The molecule has 1 aromatic carbocycles. The first-order valence-corrected chi connectivity index (χ1v) is 8.15. The molecule has 0 spiro atoms. The number of likely N-dealkylation sites (tertiary alicyclic amines) is 1. The summed E-state index contributed by atoms with van der Waals surface area (Å²) in [6, 6.07) is 7.51. The number of benzene rings is 1. The Morgan fingerprint density at radius 3 is 2.70 bits per heavy atom. The van der Waals surface area contributed by atoms with E-state index in [1.807, 2.05) is 24.3 Å². The molecule has 1 aromatic heterocycles. The van der Waals surface area contributed by atoms with Crippen LogP contribution in [0.1, 0.15) is 18.7 Å². The Labute approximate surface area is 140 Å². The average molecular weight is 336 g/mol. The summed E-state index contributed by atoms with van der Waals surface area (Å²) in [6.45, 7) is 2.60. The lowest BCUT2D eigenvalue weighted by Crippen LogP contribution is -3.11. The zero-order valence-corrected chi connectivity index (χ0v) is 13.8. The number of esters is 1. The minimum absolute atomic E-state index is 0.0398. The topological polar surface area (TPSA) is 56.8 Å². The predicted molar refractivity (Wildman–Crippen MR) is 86.1 cm³/mol. The Bertz CT molecular complexity index is 661. The monoisotopic (exact) mass is 335 g/mol. The van der Waals surface area contributed by atoms with E-state index in [0.29, 0.717) is 5.02 Å². The Morgan fingerprint density at radius 1 is 1.35 bits per heavy atom. The van der Waals surface area contributed by atoms with Crippen LogP contribution < -0.4 is 4.90 Å². The zero-order chi connectivity index (χ0) is 16.2. The van der Waals surface area contributed by atoms with Crippen molar-refractivity contribution in [1.82, 2.24) is 4.98 Å². The molecule has 6 heteroatoms. The van der Waals surface area contributed by atoms with Gasteiger partial charge in [-0.25, -0.2) is 4.98 Å². The molecule has 1 aliphatic heterocycles. The number of nitrogens with zero attached hydrogens (tertiary/aromatic N) is 1. The van der Waals surface area contributed by atoms with Crippen molar-refractivity contribution in [3.8, 4) is 11.3 Å². The molecule has 122 valence electrons. The number of quaternary nitrogens is 1. The second-order valence-electron chi connectivity index (χ2n) is 5.85. The molecular formula is C17H20ClN2O3+. The predicted octanol–water partition coefficient (Wildman–Crippen LogP) is 1.96. The van der Waals surface area contributed by atoms with Crippen LogP contribution in [0.3, 0.4) is 0 Å². The fourth-order valence-electron chi connectivity index (χ4n) is 2.96. The van der Waals surface area contributed by atoms with Gasteiger partial charge in [0, 0.05) is 23.4 Å². The van der Waals surface area contributed by atoms with Crippen LogP contribution in [-0.2, 0) is 16.1 Å². The van der Waals surface area contributed by atoms with E-state index in [9.17, 15) is 4.79 Å². The maximum Gasteiger partial charge on any atom is 0.309 e. The van der Waals surface area contributed by atoms with Gasteiger partial charge in [0.05, 0.1) is 32.3 Å². The van der Waals surface area contributed by atoms with Gasteiger partial charge in [0.15, 0.2) is 12.3 Å². The number of aromatic nitrogens is 1. The van der Waals surface area contributed by atoms with Crippen LogP contribution >= 0.6 is 11.6 Å². The molecule has 0 atom stereocenters. The molecule has 23 heavy (non-hydrogen) atoms. The van der Waals surface area contributed by atoms with Gasteiger partial charge in [0.1, 0.15) is 0 Å². The molecule has 0 aliphatic carbocycles. The van der Waals surface area contributed by atoms with E-state index in [1.54, 1.807) is 6.20 Å². The normalized spacial score (nSPS) is 21.1. The molecule has 0 radical (unpaired) electrons. The molecule has 5 nitrogen and oxygen atoms in total. The molecule has 1 saturated heterocycles. The fraction of sp³-hybridized carbons (Fsp3) is 0.412. The van der Waals surface area contributed by atoms with Crippen molar-refractivity contribution in [3.63, 3.8) is 0 Å². The van der Waals surface area contributed by atoms with Crippen molar-refractivity contribution < 1.29 is 18.8 Å². The van der Waals surface area contributed by atoms with Crippen molar-refractivity contribution in [1.29, 1.82) is 0 Å². The third kappa shape index (κ3) is 3.92. The van der Waals surface area contributed by atoms with Crippen molar-refractivity contribution in [2.45, 2.75) is 19.4 Å². The molecule has 0 bridgehead atoms. The van der Waals surface area contributed by atoms with Crippen molar-refractivity contribution in [3.05, 3.63) is 41.4 Å². The highest BCUT2D eigenvalue weighted by atomic mass is 35.5. The van der Waals surface area contributed by atoms with Crippen LogP contribution in [0.2, 0.25) is 5.02 Å². The SMILES string of the molecule is COC(=O)C1CC[NH+](Cc2ncc(-c3ccc(Cl)cc3)o2)CC1. The minimum atomic E-state index is -0.0924. The number of rotatable bonds is 4. The van der Waals surface area contributed by atoms with Crippen LogP contribution in [0.15, 0.2) is 34.9 Å². The lowest BCUT2D eigenvalue weighted by Gasteiger charge is -2.26. The minimum Gasteiger partial charge on any atom is -0.469 e. The van der Waals surface area contributed by atoms with E-state index in [2.05, 4.69) is 4.98 Å². The third-order valence-electron chi connectivity index (χ3n) is 4.31. The smallest absolute Gasteiger partial charge is 0.309 e. The number of ether oxygens (including phenoxy) is 1. The van der Waals surface area contributed by atoms with Gasteiger partial charge >= 0.3 is 5.97 Å². The molecule has 1 N–H and O–H groups in total. The highest BCUT2D eigenvalue weighted by Gasteiger charge is 2.28. The van der Waals surface area contributed by atoms with E-state index in [1.165, 1.54) is 12.0 Å². The van der Waals surface area contributed by atoms with E-state index in [0.717, 1.165) is 49.7 Å². The molecule has 0 unspecified atom stereocenters. The molecule has 1 aliphatic rings. The quantitative estimate of drug-likeness (QED) is 0.868. The van der Waals surface area contributed by atoms with Crippen LogP contribution in [0.4, 0.5) is 0 Å². The zero-order valence-electron chi connectivity index (χ0n) is 13.0. The first kappa shape index (κ1) is 16.0.